The van der Waals surface area contributed by atoms with Gasteiger partial charge in [0.2, 0.25) is 0 Å². The molecule has 0 bridgehead atoms. The monoisotopic (exact) mass is 250 g/mol. The lowest BCUT2D eigenvalue weighted by atomic mass is 10.5. The summed E-state index contributed by atoms with van der Waals surface area (Å²) in [6.45, 7) is 3.47. The maximum atomic E-state index is 5.85. The Kier molecular flexibility index (Phi) is 4.56. The molecule has 7 heteroatoms. The minimum absolute atomic E-state index is 0.173. The highest BCUT2D eigenvalue weighted by atomic mass is 32.2. The predicted molar refractivity (Wildman–Crippen MR) is 65.1 cm³/mol. The molecule has 2 unspecified atom stereocenters. The van der Waals surface area contributed by atoms with E-state index < -0.39 is 0 Å². The molecule has 0 saturated carbocycles. The Morgan fingerprint density at radius 2 is 1.40 bits per heavy atom. The van der Waals surface area contributed by atoms with Crippen LogP contribution in [0.25, 0.3) is 0 Å². The summed E-state index contributed by atoms with van der Waals surface area (Å²) in [4.78, 5) is 5.75. The average molecular weight is 250 g/mol. The van der Waals surface area contributed by atoms with Crippen LogP contribution in [-0.4, -0.2) is 58.6 Å². The fourth-order valence-electron chi connectivity index (χ4n) is 1.61. The van der Waals surface area contributed by atoms with Gasteiger partial charge in [-0.1, -0.05) is 0 Å². The van der Waals surface area contributed by atoms with Gasteiger partial charge in [-0.15, -0.1) is 23.5 Å². The zero-order chi connectivity index (χ0) is 10.7. The quantitative estimate of drug-likeness (QED) is 0.685. The van der Waals surface area contributed by atoms with E-state index >= 15 is 0 Å². The van der Waals surface area contributed by atoms with Crippen LogP contribution in [0.1, 0.15) is 0 Å². The third kappa shape index (κ3) is 3.77. The minimum atomic E-state index is 0.173. The maximum Gasteiger partial charge on any atom is 0.0660 e. The summed E-state index contributed by atoms with van der Waals surface area (Å²) in [5.41, 5.74) is 11.7. The topological polar surface area (TPSA) is 67.8 Å². The van der Waals surface area contributed by atoms with E-state index in [1.807, 2.05) is 10.1 Å². The molecule has 0 spiro atoms. The first-order valence-corrected chi connectivity index (χ1v) is 7.26. The van der Waals surface area contributed by atoms with Gasteiger partial charge in [-0.25, -0.2) is 4.94 Å². The first-order chi connectivity index (χ1) is 7.24. The van der Waals surface area contributed by atoms with Crippen molar-refractivity contribution in [2.24, 2.45) is 11.5 Å². The predicted octanol–water partition coefficient (Wildman–Crippen LogP) is -0.500. The van der Waals surface area contributed by atoms with Gasteiger partial charge >= 0.3 is 0 Å². The van der Waals surface area contributed by atoms with Crippen LogP contribution in [-0.2, 0) is 4.94 Å². The van der Waals surface area contributed by atoms with Gasteiger partial charge in [-0.05, 0) is 0 Å². The van der Waals surface area contributed by atoms with Gasteiger partial charge in [0.05, 0.1) is 23.8 Å². The van der Waals surface area contributed by atoms with Crippen molar-refractivity contribution in [2.75, 3.05) is 37.7 Å². The summed E-state index contributed by atoms with van der Waals surface area (Å²) in [5.74, 6) is 2.08. The van der Waals surface area contributed by atoms with Crippen molar-refractivity contribution in [1.29, 1.82) is 0 Å². The van der Waals surface area contributed by atoms with E-state index in [4.69, 9.17) is 16.4 Å². The highest BCUT2D eigenvalue weighted by Gasteiger charge is 2.23. The molecule has 2 fully saturated rings. The van der Waals surface area contributed by atoms with Crippen LogP contribution >= 0.6 is 23.5 Å². The molecule has 0 amide bonds. The molecule has 2 saturated heterocycles. The lowest BCUT2D eigenvalue weighted by Crippen LogP contribution is -2.49. The fourth-order valence-corrected chi connectivity index (χ4v) is 3.38. The Morgan fingerprint density at radius 3 is 1.80 bits per heavy atom. The summed E-state index contributed by atoms with van der Waals surface area (Å²) in [6.07, 6.45) is 0. The number of hydroxylamine groups is 4. The van der Waals surface area contributed by atoms with Crippen molar-refractivity contribution in [3.63, 3.8) is 0 Å². The lowest BCUT2D eigenvalue weighted by molar-refractivity contribution is -0.323. The number of hydrogen-bond donors (Lipinski definition) is 2. The van der Waals surface area contributed by atoms with E-state index in [0.717, 1.165) is 37.7 Å². The Morgan fingerprint density at radius 1 is 0.933 bits per heavy atom. The Balaban J connectivity index is 1.75. The van der Waals surface area contributed by atoms with Crippen molar-refractivity contribution >= 4 is 23.5 Å². The van der Waals surface area contributed by atoms with Crippen LogP contribution in [0.3, 0.4) is 0 Å². The molecule has 0 aromatic rings. The second-order valence-corrected chi connectivity index (χ2v) is 6.37. The highest BCUT2D eigenvalue weighted by molar-refractivity contribution is 8.00. The van der Waals surface area contributed by atoms with E-state index in [9.17, 15) is 0 Å². The van der Waals surface area contributed by atoms with Crippen molar-refractivity contribution in [1.82, 2.24) is 10.1 Å². The lowest BCUT2D eigenvalue weighted by Gasteiger charge is -2.36. The van der Waals surface area contributed by atoms with E-state index in [1.54, 1.807) is 23.5 Å². The SMILES string of the molecule is NC1CN(ON2CCSC(N)C2)CCS1. The van der Waals surface area contributed by atoms with Gasteiger partial charge in [0.25, 0.3) is 0 Å². The molecule has 15 heavy (non-hydrogen) atoms. The molecule has 4 N–H and O–H groups in total. The third-order valence-corrected chi connectivity index (χ3v) is 4.33. The molecule has 0 aliphatic carbocycles. The summed E-state index contributed by atoms with van der Waals surface area (Å²) in [7, 11) is 0. The number of nitrogens with zero attached hydrogens (tertiary/aromatic N) is 2. The Bertz CT molecular complexity index is 189. The number of nitrogens with two attached hydrogens (primary N) is 2. The van der Waals surface area contributed by atoms with Crippen LogP contribution < -0.4 is 11.5 Å². The van der Waals surface area contributed by atoms with Gasteiger partial charge in [-0.3, -0.25) is 0 Å². The molecule has 0 radical (unpaired) electrons. The minimum Gasteiger partial charge on any atom is -0.318 e. The van der Waals surface area contributed by atoms with E-state index in [0.29, 0.717) is 0 Å². The van der Waals surface area contributed by atoms with Gasteiger partial charge in [-0.2, -0.15) is 10.1 Å². The van der Waals surface area contributed by atoms with Crippen molar-refractivity contribution in [2.45, 2.75) is 10.7 Å². The molecular weight excluding hydrogens is 232 g/mol. The smallest absolute Gasteiger partial charge is 0.0660 e. The highest BCUT2D eigenvalue weighted by Crippen LogP contribution is 2.18. The molecule has 2 atom stereocenters. The Labute approximate surface area is 98.7 Å². The van der Waals surface area contributed by atoms with E-state index in [-0.39, 0.29) is 10.7 Å². The van der Waals surface area contributed by atoms with Crippen molar-refractivity contribution in [3.8, 4) is 0 Å². The number of rotatable bonds is 2. The molecular formula is C8H18N4OS2. The summed E-state index contributed by atoms with van der Waals surface area (Å²) < 4.78 is 0. The van der Waals surface area contributed by atoms with Crippen molar-refractivity contribution in [3.05, 3.63) is 0 Å². The molecule has 0 aromatic carbocycles. The molecule has 2 heterocycles. The second-order valence-electron chi connectivity index (χ2n) is 3.68. The van der Waals surface area contributed by atoms with Gasteiger partial charge in [0.1, 0.15) is 0 Å². The first kappa shape index (κ1) is 12.0. The average Bonchev–Trinajstić information content (AvgIpc) is 2.17. The normalized spacial score (nSPS) is 35.6. The molecule has 2 aliphatic heterocycles. The second kappa shape index (κ2) is 5.72. The summed E-state index contributed by atoms with van der Waals surface area (Å²) in [5, 5.41) is 4.24. The zero-order valence-electron chi connectivity index (χ0n) is 8.67. The summed E-state index contributed by atoms with van der Waals surface area (Å²) in [6, 6.07) is 0. The van der Waals surface area contributed by atoms with Crippen LogP contribution in [0, 0.1) is 0 Å². The van der Waals surface area contributed by atoms with Gasteiger partial charge in [0.15, 0.2) is 0 Å². The third-order valence-electron chi connectivity index (χ3n) is 2.34. The molecule has 2 rings (SSSR count). The largest absolute Gasteiger partial charge is 0.318 e. The number of thioether (sulfide) groups is 2. The van der Waals surface area contributed by atoms with Crippen LogP contribution in [0.2, 0.25) is 0 Å². The van der Waals surface area contributed by atoms with Crippen LogP contribution in [0.4, 0.5) is 0 Å². The van der Waals surface area contributed by atoms with E-state index in [2.05, 4.69) is 0 Å². The molecule has 0 aromatic heterocycles. The molecule has 88 valence electrons. The first-order valence-electron chi connectivity index (χ1n) is 5.16. The van der Waals surface area contributed by atoms with Gasteiger partial charge < -0.3 is 11.5 Å². The van der Waals surface area contributed by atoms with Gasteiger partial charge in [0, 0.05) is 24.6 Å². The van der Waals surface area contributed by atoms with E-state index in [1.165, 1.54) is 0 Å². The number of hydrogen-bond acceptors (Lipinski definition) is 7. The molecule has 2 aliphatic rings. The molecule has 5 nitrogen and oxygen atoms in total. The van der Waals surface area contributed by atoms with Crippen molar-refractivity contribution < 1.29 is 4.94 Å². The van der Waals surface area contributed by atoms with Crippen LogP contribution in [0.5, 0.6) is 0 Å². The fraction of sp³-hybridized carbons (Fsp3) is 1.00. The zero-order valence-corrected chi connectivity index (χ0v) is 10.3. The Hall–Kier alpha value is 0.500. The maximum absolute atomic E-state index is 5.85. The standard InChI is InChI=1S/C8H18N4OS2/c9-7-5-11(1-3-14-7)13-12-2-4-15-8(10)6-12/h7-8H,1-6,9-10H2. The van der Waals surface area contributed by atoms with Crippen LogP contribution in [0.15, 0.2) is 0 Å². The summed E-state index contributed by atoms with van der Waals surface area (Å²) >= 11 is 3.59.